The highest BCUT2D eigenvalue weighted by atomic mass is 32.2. The van der Waals surface area contributed by atoms with Gasteiger partial charge in [-0.05, 0) is 73.2 Å². The van der Waals surface area contributed by atoms with Crippen LogP contribution in [0.2, 0.25) is 0 Å². The lowest BCUT2D eigenvalue weighted by atomic mass is 9.12. The molecule has 0 amide bonds. The minimum atomic E-state index is -6.13. The quantitative estimate of drug-likeness (QED) is 0.0848. The average molecular weight is 1140 g/mol. The predicted molar refractivity (Wildman–Crippen MR) is 236 cm³/mol. The van der Waals surface area contributed by atoms with Crippen molar-refractivity contribution < 1.29 is 105 Å². The summed E-state index contributed by atoms with van der Waals surface area (Å²) in [6.45, 7) is 2.15. The molecule has 7 aromatic rings. The summed E-state index contributed by atoms with van der Waals surface area (Å²) >= 11 is 0. The number of aryl methyl sites for hydroxylation is 1. The van der Waals surface area contributed by atoms with Gasteiger partial charge in [-0.3, -0.25) is 0 Å². The first-order valence-electron chi connectivity index (χ1n) is 21.4. The highest BCUT2D eigenvalue weighted by Crippen LogP contribution is 2.42. The van der Waals surface area contributed by atoms with Gasteiger partial charge in [-0.15, -0.1) is 0 Å². The third-order valence-electron chi connectivity index (χ3n) is 11.6. The summed E-state index contributed by atoms with van der Waals surface area (Å²) in [5, 5.41) is 0. The van der Waals surface area contributed by atoms with Crippen molar-refractivity contribution >= 4 is 38.9 Å². The monoisotopic (exact) mass is 1140 g/mol. The van der Waals surface area contributed by atoms with Crippen LogP contribution >= 0.6 is 0 Å². The number of benzene rings is 7. The molecule has 0 radical (unpaired) electrons. The van der Waals surface area contributed by atoms with Gasteiger partial charge >= 0.3 is 49.4 Å². The minimum Gasteiger partial charge on any atom is -0.194 e. The van der Waals surface area contributed by atoms with Crippen molar-refractivity contribution in [3.05, 3.63) is 208 Å². The molecule has 0 nitrogen and oxygen atoms in total. The largest absolute Gasteiger partial charge is 0.416 e. The molecule has 0 aliphatic rings. The maximum absolute atomic E-state index is 14.2. The second kappa shape index (κ2) is 20.9. The van der Waals surface area contributed by atoms with Crippen molar-refractivity contribution in [3.8, 4) is 0 Å². The number of halogens is 24. The standard InChI is InChI=1S/C32H12BF24.C19H17S/c34-25(35,36)13-1-14(26(37,38)39)6-21(5-13)33(22-7-15(27(40,41)42)2-16(8-22)28(43,44)45,23-9-17(29(46,47)48)3-18(10-23)30(49,50)51)24-11-19(31(52,53)54)4-20(12-24)32(55,56)57;1-16-9-8-14-19(15-16)20(17-10-4-2-5-11-17)18-12-6-3-7-13-18/h1-12H;2-15H,1H3/q-1;+1. The number of rotatable bonds is 7. The van der Waals surface area contributed by atoms with E-state index in [1.807, 2.05) is 0 Å². The summed E-state index contributed by atoms with van der Waals surface area (Å²) in [7, 11) is -0.0249. The molecule has 410 valence electrons. The Kier molecular flexibility index (Phi) is 16.2. The summed E-state index contributed by atoms with van der Waals surface area (Å²) < 4.78 is 341. The van der Waals surface area contributed by atoms with Crippen LogP contribution in [-0.2, 0) is 60.3 Å². The van der Waals surface area contributed by atoms with Crippen molar-refractivity contribution in [2.45, 2.75) is 71.0 Å². The first-order valence-corrected chi connectivity index (χ1v) is 22.6. The normalized spacial score (nSPS) is 13.4. The molecule has 0 fully saturated rings. The van der Waals surface area contributed by atoms with Gasteiger partial charge in [0.25, 0.3) is 0 Å². The third-order valence-corrected chi connectivity index (χ3v) is 13.8. The lowest BCUT2D eigenvalue weighted by Crippen LogP contribution is -2.75. The van der Waals surface area contributed by atoms with Gasteiger partial charge < -0.3 is 0 Å². The fourth-order valence-electron chi connectivity index (χ4n) is 8.33. The van der Waals surface area contributed by atoms with E-state index in [1.54, 1.807) is 0 Å². The lowest BCUT2D eigenvalue weighted by Gasteiger charge is -2.46. The van der Waals surface area contributed by atoms with Gasteiger partial charge in [0.15, 0.2) is 14.7 Å². The molecule has 0 atom stereocenters. The Morgan fingerprint density at radius 1 is 0.247 bits per heavy atom. The second-order valence-corrected chi connectivity index (χ2v) is 19.0. The fraction of sp³-hybridized carbons (Fsp3) is 0.176. The molecule has 0 saturated carbocycles. The van der Waals surface area contributed by atoms with Gasteiger partial charge in [0.2, 0.25) is 0 Å². The van der Waals surface area contributed by atoms with E-state index in [1.165, 1.54) is 20.2 Å². The molecule has 0 spiro atoms. The molecule has 0 N–H and O–H groups in total. The lowest BCUT2D eigenvalue weighted by molar-refractivity contribution is -0.144. The summed E-state index contributed by atoms with van der Waals surface area (Å²) in [6, 6.07) is 21.5. The molecule has 0 aliphatic heterocycles. The minimum absolute atomic E-state index is 0.0249. The van der Waals surface area contributed by atoms with Gasteiger partial charge in [-0.2, -0.15) is 127 Å². The average Bonchev–Trinajstić information content (AvgIpc) is 3.30. The predicted octanol–water partition coefficient (Wildman–Crippen LogP) is 16.3. The zero-order chi connectivity index (χ0) is 57.7. The molecule has 26 heteroatoms. The topological polar surface area (TPSA) is 0 Å². The Bertz CT molecular complexity index is 2720. The van der Waals surface area contributed by atoms with Crippen LogP contribution in [0.15, 0.2) is 172 Å². The van der Waals surface area contributed by atoms with Gasteiger partial charge in [0.1, 0.15) is 6.15 Å². The van der Waals surface area contributed by atoms with Crippen molar-refractivity contribution in [2.24, 2.45) is 0 Å². The van der Waals surface area contributed by atoms with Crippen LogP contribution in [-0.4, -0.2) is 6.15 Å². The smallest absolute Gasteiger partial charge is 0.194 e. The Labute approximate surface area is 422 Å². The Morgan fingerprint density at radius 3 is 0.649 bits per heavy atom. The molecule has 7 aromatic carbocycles. The summed E-state index contributed by atoms with van der Waals surface area (Å²) in [6.07, 6.45) is -54.8. The molecular formula is C51H29BF24S. The van der Waals surface area contributed by atoms with Crippen LogP contribution in [0.4, 0.5) is 105 Å². The summed E-state index contributed by atoms with van der Waals surface area (Å²) in [4.78, 5) is 4.11. The highest BCUT2D eigenvalue weighted by molar-refractivity contribution is 7.97. The van der Waals surface area contributed by atoms with Crippen LogP contribution in [0.25, 0.3) is 0 Å². The molecule has 0 saturated heterocycles. The summed E-state index contributed by atoms with van der Waals surface area (Å²) in [5.41, 5.74) is -28.9. The van der Waals surface area contributed by atoms with E-state index in [0.717, 1.165) is 0 Å². The van der Waals surface area contributed by atoms with Gasteiger partial charge in [0, 0.05) is 0 Å². The van der Waals surface area contributed by atoms with E-state index in [9.17, 15) is 105 Å². The molecule has 7 rings (SSSR count). The Morgan fingerprint density at radius 2 is 0.455 bits per heavy atom. The van der Waals surface area contributed by atoms with Crippen LogP contribution in [0.5, 0.6) is 0 Å². The molecule has 0 aliphatic carbocycles. The zero-order valence-corrected chi connectivity index (χ0v) is 38.9. The number of hydrogen-bond acceptors (Lipinski definition) is 0. The third kappa shape index (κ3) is 13.7. The molecule has 77 heavy (non-hydrogen) atoms. The number of alkyl halides is 24. The first-order chi connectivity index (χ1) is 35.1. The van der Waals surface area contributed by atoms with Crippen molar-refractivity contribution in [1.29, 1.82) is 0 Å². The SMILES string of the molecule is Cc1cccc([S+](c2ccccc2)c2ccccc2)c1.FC(F)(F)c1cc([B-](c2cc(C(F)(F)F)cc(C(F)(F)F)c2)(c2cc(C(F)(F)F)cc(C(F)(F)F)c2)c2cc(C(F)(F)F)cc(C(F)(F)F)c2)cc(C(F)(F)F)c1. The maximum Gasteiger partial charge on any atom is 0.416 e. The van der Waals surface area contributed by atoms with Gasteiger partial charge in [-0.1, -0.05) is 97.1 Å². The Balaban J connectivity index is 0.000000397. The molecule has 0 bridgehead atoms. The van der Waals surface area contributed by atoms with E-state index < -0.39 is 195 Å². The highest BCUT2D eigenvalue weighted by Gasteiger charge is 2.47. The van der Waals surface area contributed by atoms with Crippen LogP contribution < -0.4 is 21.9 Å². The van der Waals surface area contributed by atoms with Crippen LogP contribution in [0.3, 0.4) is 0 Å². The van der Waals surface area contributed by atoms with Crippen molar-refractivity contribution in [1.82, 2.24) is 0 Å². The first kappa shape index (κ1) is 59.5. The van der Waals surface area contributed by atoms with Crippen molar-refractivity contribution in [2.75, 3.05) is 0 Å². The van der Waals surface area contributed by atoms with Gasteiger partial charge in [-0.25, -0.2) is 0 Å². The van der Waals surface area contributed by atoms with Crippen LogP contribution in [0, 0.1) is 6.92 Å². The zero-order valence-electron chi connectivity index (χ0n) is 38.1. The van der Waals surface area contributed by atoms with E-state index in [4.69, 9.17) is 0 Å². The Hall–Kier alpha value is -6.73. The maximum atomic E-state index is 14.2. The fourth-order valence-corrected chi connectivity index (χ4v) is 10.5. The molecule has 0 heterocycles. The van der Waals surface area contributed by atoms with Gasteiger partial charge in [0.05, 0.1) is 55.4 Å². The van der Waals surface area contributed by atoms with E-state index in [2.05, 4.69) is 91.9 Å². The molecule has 0 aromatic heterocycles. The van der Waals surface area contributed by atoms with E-state index >= 15 is 0 Å². The summed E-state index contributed by atoms with van der Waals surface area (Å²) in [5.74, 6) is 0. The second-order valence-electron chi connectivity index (χ2n) is 17.0. The molecule has 0 unspecified atom stereocenters. The van der Waals surface area contributed by atoms with E-state index in [0.29, 0.717) is 0 Å². The van der Waals surface area contributed by atoms with Crippen molar-refractivity contribution in [3.63, 3.8) is 0 Å². The van der Waals surface area contributed by atoms with Crippen LogP contribution in [0.1, 0.15) is 50.1 Å². The van der Waals surface area contributed by atoms with E-state index in [-0.39, 0.29) is 10.9 Å². The number of hydrogen-bond donors (Lipinski definition) is 0. The molecular weight excluding hydrogens is 1110 g/mol.